The summed E-state index contributed by atoms with van der Waals surface area (Å²) < 4.78 is 10.6. The van der Waals surface area contributed by atoms with Crippen molar-refractivity contribution in [2.24, 2.45) is 5.92 Å². The molecular weight excluding hydrogens is 350 g/mol. The third-order valence-corrected chi connectivity index (χ3v) is 4.09. The summed E-state index contributed by atoms with van der Waals surface area (Å²) in [6, 6.07) is 3.33. The van der Waals surface area contributed by atoms with Gasteiger partial charge < -0.3 is 14.4 Å². The first kappa shape index (κ1) is 15.1. The number of carbonyl (C=O) groups excluding carboxylic acids is 2. The summed E-state index contributed by atoms with van der Waals surface area (Å²) >= 11 is 9.49. The van der Waals surface area contributed by atoms with E-state index in [4.69, 9.17) is 16.3 Å². The van der Waals surface area contributed by atoms with E-state index >= 15 is 0 Å². The van der Waals surface area contributed by atoms with E-state index in [1.165, 1.54) is 19.1 Å². The van der Waals surface area contributed by atoms with Gasteiger partial charge in [0.15, 0.2) is 0 Å². The molecule has 1 aromatic rings. The number of amides is 1. The highest BCUT2D eigenvalue weighted by molar-refractivity contribution is 9.10. The molecule has 0 radical (unpaired) electrons. The molecule has 1 aliphatic heterocycles. The largest absolute Gasteiger partial charge is 0.495 e. The number of anilines is 1. The predicted octanol–water partition coefficient (Wildman–Crippen LogP) is 2.64. The van der Waals surface area contributed by atoms with E-state index in [1.54, 1.807) is 12.1 Å². The second-order valence-electron chi connectivity index (χ2n) is 4.37. The quantitative estimate of drug-likeness (QED) is 0.776. The third kappa shape index (κ3) is 2.76. The molecule has 1 amide bonds. The summed E-state index contributed by atoms with van der Waals surface area (Å²) in [5, 5.41) is 0.413. The fraction of sp³-hybridized carbons (Fsp3) is 0.385. The molecule has 1 unspecified atom stereocenters. The maximum Gasteiger partial charge on any atom is 0.311 e. The van der Waals surface area contributed by atoms with Crippen molar-refractivity contribution in [3.8, 4) is 5.75 Å². The molecule has 0 spiro atoms. The Bertz CT molecular complexity index is 564. The molecule has 0 saturated carbocycles. The molecule has 7 heteroatoms. The van der Waals surface area contributed by atoms with Gasteiger partial charge in [0.1, 0.15) is 5.75 Å². The van der Waals surface area contributed by atoms with Crippen molar-refractivity contribution in [1.82, 2.24) is 0 Å². The summed E-state index contributed by atoms with van der Waals surface area (Å²) in [6.45, 7) is 0.260. The second-order valence-corrected chi connectivity index (χ2v) is 5.63. The minimum atomic E-state index is -0.460. The molecule has 0 N–H and O–H groups in total. The van der Waals surface area contributed by atoms with Crippen molar-refractivity contribution in [3.05, 3.63) is 21.6 Å². The number of nitrogens with zero attached hydrogens (tertiary/aromatic N) is 1. The number of benzene rings is 1. The lowest BCUT2D eigenvalue weighted by molar-refractivity contribution is -0.145. The van der Waals surface area contributed by atoms with Gasteiger partial charge in [-0.1, -0.05) is 11.6 Å². The summed E-state index contributed by atoms with van der Waals surface area (Å²) in [6.07, 6.45) is 0.126. The SMILES string of the molecule is COC(=O)C1CC(=O)N(c2cc(OC)c(Br)cc2Cl)C1. The zero-order valence-electron chi connectivity index (χ0n) is 11.0. The average Bonchev–Trinajstić information content (AvgIpc) is 2.80. The van der Waals surface area contributed by atoms with Gasteiger partial charge in [0.2, 0.25) is 5.91 Å². The number of carbonyl (C=O) groups is 2. The van der Waals surface area contributed by atoms with E-state index in [9.17, 15) is 9.59 Å². The molecule has 1 aliphatic rings. The van der Waals surface area contributed by atoms with Gasteiger partial charge in [-0.05, 0) is 22.0 Å². The molecule has 20 heavy (non-hydrogen) atoms. The fourth-order valence-electron chi connectivity index (χ4n) is 2.15. The summed E-state index contributed by atoms with van der Waals surface area (Å²) in [5.41, 5.74) is 0.531. The Hall–Kier alpha value is -1.27. The minimum Gasteiger partial charge on any atom is -0.495 e. The van der Waals surface area contributed by atoms with Crippen LogP contribution in [0.1, 0.15) is 6.42 Å². The number of rotatable bonds is 3. The van der Waals surface area contributed by atoms with Crippen LogP contribution in [-0.4, -0.2) is 32.6 Å². The highest BCUT2D eigenvalue weighted by Crippen LogP contribution is 2.38. The summed E-state index contributed by atoms with van der Waals surface area (Å²) in [4.78, 5) is 25.1. The van der Waals surface area contributed by atoms with Crippen molar-refractivity contribution < 1.29 is 19.1 Å². The van der Waals surface area contributed by atoms with E-state index in [0.29, 0.717) is 20.9 Å². The highest BCUT2D eigenvalue weighted by atomic mass is 79.9. The van der Waals surface area contributed by atoms with Crippen LogP contribution in [0.3, 0.4) is 0 Å². The predicted molar refractivity (Wildman–Crippen MR) is 78.2 cm³/mol. The summed E-state index contributed by atoms with van der Waals surface area (Å²) in [5.74, 6) is -0.440. The van der Waals surface area contributed by atoms with Crippen LogP contribution in [0.15, 0.2) is 16.6 Å². The second kappa shape index (κ2) is 6.01. The van der Waals surface area contributed by atoms with Gasteiger partial charge in [0, 0.05) is 19.0 Å². The van der Waals surface area contributed by atoms with E-state index in [-0.39, 0.29) is 24.8 Å². The smallest absolute Gasteiger partial charge is 0.311 e. The molecule has 1 saturated heterocycles. The van der Waals surface area contributed by atoms with Gasteiger partial charge in [-0.15, -0.1) is 0 Å². The van der Waals surface area contributed by atoms with Crippen LogP contribution in [-0.2, 0) is 14.3 Å². The Balaban J connectivity index is 2.32. The first-order valence-electron chi connectivity index (χ1n) is 5.89. The van der Waals surface area contributed by atoms with Crippen LogP contribution in [0.25, 0.3) is 0 Å². The Morgan fingerprint density at radius 2 is 2.15 bits per heavy atom. The van der Waals surface area contributed by atoms with Gasteiger partial charge in [-0.2, -0.15) is 0 Å². The van der Waals surface area contributed by atoms with Gasteiger partial charge in [-0.3, -0.25) is 9.59 Å². The Kier molecular flexibility index (Phi) is 4.55. The van der Waals surface area contributed by atoms with Gasteiger partial charge >= 0.3 is 5.97 Å². The number of halogens is 2. The molecule has 0 aliphatic carbocycles. The van der Waals surface area contributed by atoms with E-state index < -0.39 is 5.92 Å². The van der Waals surface area contributed by atoms with Crippen molar-refractivity contribution >= 4 is 45.1 Å². The van der Waals surface area contributed by atoms with Crippen molar-refractivity contribution in [3.63, 3.8) is 0 Å². The molecular formula is C13H13BrClNO4. The van der Waals surface area contributed by atoms with E-state index in [0.717, 1.165) is 0 Å². The van der Waals surface area contributed by atoms with Crippen LogP contribution >= 0.6 is 27.5 Å². The molecule has 1 atom stereocenters. The molecule has 1 fully saturated rings. The van der Waals surface area contributed by atoms with Crippen LogP contribution in [0.2, 0.25) is 5.02 Å². The highest BCUT2D eigenvalue weighted by Gasteiger charge is 2.36. The maximum absolute atomic E-state index is 12.0. The van der Waals surface area contributed by atoms with E-state index in [2.05, 4.69) is 20.7 Å². The lowest BCUT2D eigenvalue weighted by atomic mass is 10.1. The first-order valence-corrected chi connectivity index (χ1v) is 7.06. The Morgan fingerprint density at radius 1 is 1.45 bits per heavy atom. The topological polar surface area (TPSA) is 55.8 Å². The first-order chi connectivity index (χ1) is 9.47. The third-order valence-electron chi connectivity index (χ3n) is 3.17. The zero-order chi connectivity index (χ0) is 14.9. The van der Waals surface area contributed by atoms with Crippen molar-refractivity contribution in [2.75, 3.05) is 25.7 Å². The standard InChI is InChI=1S/C13H13BrClNO4/c1-19-11-5-10(9(15)4-8(11)14)16-6-7(3-12(16)17)13(18)20-2/h4-5,7H,3,6H2,1-2H3. The lowest BCUT2D eigenvalue weighted by Crippen LogP contribution is -2.26. The number of hydrogen-bond acceptors (Lipinski definition) is 4. The zero-order valence-corrected chi connectivity index (χ0v) is 13.3. The normalized spacial score (nSPS) is 18.3. The molecule has 1 heterocycles. The monoisotopic (exact) mass is 361 g/mol. The number of hydrogen-bond donors (Lipinski definition) is 0. The lowest BCUT2D eigenvalue weighted by Gasteiger charge is -2.19. The molecule has 5 nitrogen and oxygen atoms in total. The number of ether oxygens (including phenoxy) is 2. The molecule has 108 valence electrons. The Labute approximate surface area is 129 Å². The Morgan fingerprint density at radius 3 is 2.75 bits per heavy atom. The maximum atomic E-state index is 12.0. The minimum absolute atomic E-state index is 0.126. The van der Waals surface area contributed by atoms with Gasteiger partial charge in [0.25, 0.3) is 0 Å². The molecule has 2 rings (SSSR count). The molecule has 1 aromatic carbocycles. The van der Waals surface area contributed by atoms with Gasteiger partial charge in [0.05, 0.1) is 35.3 Å². The van der Waals surface area contributed by atoms with Crippen molar-refractivity contribution in [2.45, 2.75) is 6.42 Å². The molecule has 0 bridgehead atoms. The average molecular weight is 363 g/mol. The van der Waals surface area contributed by atoms with Crippen LogP contribution in [0.5, 0.6) is 5.75 Å². The van der Waals surface area contributed by atoms with Crippen LogP contribution in [0.4, 0.5) is 5.69 Å². The number of esters is 1. The molecule has 0 aromatic heterocycles. The van der Waals surface area contributed by atoms with E-state index in [1.807, 2.05) is 0 Å². The van der Waals surface area contributed by atoms with Crippen LogP contribution < -0.4 is 9.64 Å². The summed E-state index contributed by atoms with van der Waals surface area (Å²) in [7, 11) is 2.84. The fourth-order valence-corrected chi connectivity index (χ4v) is 3.05. The van der Waals surface area contributed by atoms with Crippen LogP contribution in [0, 0.1) is 5.92 Å². The van der Waals surface area contributed by atoms with Gasteiger partial charge in [-0.25, -0.2) is 0 Å². The number of methoxy groups -OCH3 is 2. The van der Waals surface area contributed by atoms with Crippen molar-refractivity contribution in [1.29, 1.82) is 0 Å².